The minimum absolute atomic E-state index is 0.00910. The quantitative estimate of drug-likeness (QED) is 0.794. The number of hydrogen-bond donors (Lipinski definition) is 1. The Morgan fingerprint density at radius 3 is 2.94 bits per heavy atom. The van der Waals surface area contributed by atoms with Gasteiger partial charge in [-0.1, -0.05) is 0 Å². The standard InChI is InChI=1S/C13H18N4O/c1-17-7-5-10-9(8-17)13(18)16-12(15-10)11-4-2-3-6-14-11/h2-8H2,1H3,(H,15,16,18). The van der Waals surface area contributed by atoms with Crippen LogP contribution in [-0.4, -0.2) is 40.7 Å². The van der Waals surface area contributed by atoms with Crippen LogP contribution < -0.4 is 5.56 Å². The molecule has 0 bridgehead atoms. The number of hydrogen-bond acceptors (Lipinski definition) is 4. The number of aromatic nitrogens is 2. The summed E-state index contributed by atoms with van der Waals surface area (Å²) in [4.78, 5) is 26.2. The molecular formula is C13H18N4O. The average Bonchev–Trinajstić information content (AvgIpc) is 2.40. The van der Waals surface area contributed by atoms with Crippen molar-refractivity contribution in [1.82, 2.24) is 14.9 Å². The van der Waals surface area contributed by atoms with Crippen molar-refractivity contribution in [3.63, 3.8) is 0 Å². The van der Waals surface area contributed by atoms with Crippen molar-refractivity contribution < 1.29 is 0 Å². The van der Waals surface area contributed by atoms with Crippen LogP contribution in [0.4, 0.5) is 0 Å². The molecule has 0 aromatic carbocycles. The van der Waals surface area contributed by atoms with Gasteiger partial charge >= 0.3 is 0 Å². The third-order valence-electron chi connectivity index (χ3n) is 3.66. The van der Waals surface area contributed by atoms with Gasteiger partial charge in [-0.2, -0.15) is 0 Å². The number of H-pyrrole nitrogens is 1. The Morgan fingerprint density at radius 2 is 2.17 bits per heavy atom. The second kappa shape index (κ2) is 4.65. The second-order valence-electron chi connectivity index (χ2n) is 5.11. The van der Waals surface area contributed by atoms with E-state index in [1.54, 1.807) is 0 Å². The molecule has 1 aromatic heterocycles. The fourth-order valence-corrected chi connectivity index (χ4v) is 2.59. The average molecular weight is 246 g/mol. The van der Waals surface area contributed by atoms with Crippen LogP contribution in [0.5, 0.6) is 0 Å². The Morgan fingerprint density at radius 1 is 1.28 bits per heavy atom. The van der Waals surface area contributed by atoms with E-state index in [4.69, 9.17) is 0 Å². The Labute approximate surface area is 106 Å². The van der Waals surface area contributed by atoms with E-state index >= 15 is 0 Å². The molecule has 3 rings (SSSR count). The van der Waals surface area contributed by atoms with E-state index in [0.717, 1.165) is 55.7 Å². The first-order valence-corrected chi connectivity index (χ1v) is 6.58. The van der Waals surface area contributed by atoms with Gasteiger partial charge in [0.15, 0.2) is 5.82 Å². The molecule has 3 heterocycles. The number of nitrogens with one attached hydrogen (secondary N) is 1. The third kappa shape index (κ3) is 2.10. The molecule has 0 fully saturated rings. The first kappa shape index (κ1) is 11.6. The maximum absolute atomic E-state index is 12.1. The summed E-state index contributed by atoms with van der Waals surface area (Å²) >= 11 is 0. The lowest BCUT2D eigenvalue weighted by molar-refractivity contribution is 0.307. The van der Waals surface area contributed by atoms with Crippen molar-refractivity contribution in [2.75, 3.05) is 20.1 Å². The predicted molar refractivity (Wildman–Crippen MR) is 70.2 cm³/mol. The van der Waals surface area contributed by atoms with Gasteiger partial charge in [0.25, 0.3) is 5.56 Å². The van der Waals surface area contributed by atoms with Crippen LogP contribution in [0.25, 0.3) is 0 Å². The van der Waals surface area contributed by atoms with E-state index in [1.807, 2.05) is 7.05 Å². The lowest BCUT2D eigenvalue weighted by Crippen LogP contribution is -2.34. The van der Waals surface area contributed by atoms with E-state index < -0.39 is 0 Å². The zero-order valence-electron chi connectivity index (χ0n) is 10.7. The lowest BCUT2D eigenvalue weighted by atomic mass is 10.1. The maximum atomic E-state index is 12.1. The third-order valence-corrected chi connectivity index (χ3v) is 3.66. The van der Waals surface area contributed by atoms with Gasteiger partial charge in [-0.3, -0.25) is 9.79 Å². The Bertz CT molecular complexity index is 546. The van der Waals surface area contributed by atoms with Crippen LogP contribution in [0, 0.1) is 0 Å². The molecule has 0 aliphatic carbocycles. The zero-order valence-corrected chi connectivity index (χ0v) is 10.7. The first-order valence-electron chi connectivity index (χ1n) is 6.58. The number of rotatable bonds is 1. The predicted octanol–water partition coefficient (Wildman–Crippen LogP) is 0.731. The van der Waals surface area contributed by atoms with Crippen LogP contribution in [0.15, 0.2) is 9.79 Å². The van der Waals surface area contributed by atoms with Gasteiger partial charge in [0.2, 0.25) is 0 Å². The molecule has 0 saturated heterocycles. The molecule has 96 valence electrons. The van der Waals surface area contributed by atoms with Crippen LogP contribution in [0.1, 0.15) is 36.3 Å². The van der Waals surface area contributed by atoms with Crippen molar-refractivity contribution in [1.29, 1.82) is 0 Å². The van der Waals surface area contributed by atoms with E-state index in [9.17, 15) is 4.79 Å². The van der Waals surface area contributed by atoms with Gasteiger partial charge in [0.05, 0.1) is 17.0 Å². The Hall–Kier alpha value is -1.49. The van der Waals surface area contributed by atoms with Gasteiger partial charge in [-0.15, -0.1) is 0 Å². The van der Waals surface area contributed by atoms with E-state index in [1.165, 1.54) is 0 Å². The molecule has 0 unspecified atom stereocenters. The van der Waals surface area contributed by atoms with Crippen LogP contribution in [0.2, 0.25) is 0 Å². The van der Waals surface area contributed by atoms with E-state index in [2.05, 4.69) is 19.9 Å². The van der Waals surface area contributed by atoms with Crippen molar-refractivity contribution >= 4 is 5.71 Å². The monoisotopic (exact) mass is 246 g/mol. The number of aliphatic imine (C=N–C) groups is 1. The summed E-state index contributed by atoms with van der Waals surface area (Å²) in [5.74, 6) is 0.697. The molecule has 0 amide bonds. The lowest BCUT2D eigenvalue weighted by Gasteiger charge is -2.23. The van der Waals surface area contributed by atoms with Gasteiger partial charge in [0, 0.05) is 26.1 Å². The summed E-state index contributed by atoms with van der Waals surface area (Å²) in [5.41, 5.74) is 2.76. The second-order valence-corrected chi connectivity index (χ2v) is 5.11. The molecule has 5 nitrogen and oxygen atoms in total. The van der Waals surface area contributed by atoms with Gasteiger partial charge in [0.1, 0.15) is 0 Å². The van der Waals surface area contributed by atoms with Gasteiger partial charge < -0.3 is 9.88 Å². The summed E-state index contributed by atoms with van der Waals surface area (Å²) in [7, 11) is 2.03. The molecule has 0 atom stereocenters. The largest absolute Gasteiger partial charge is 0.305 e. The van der Waals surface area contributed by atoms with Crippen molar-refractivity contribution in [3.05, 3.63) is 27.4 Å². The van der Waals surface area contributed by atoms with Gasteiger partial charge in [-0.05, 0) is 26.3 Å². The fraction of sp³-hybridized carbons (Fsp3) is 0.615. The summed E-state index contributed by atoms with van der Waals surface area (Å²) in [6.07, 6.45) is 4.07. The highest BCUT2D eigenvalue weighted by atomic mass is 16.1. The number of aromatic amines is 1. The smallest absolute Gasteiger partial charge is 0.255 e. The van der Waals surface area contributed by atoms with Crippen LogP contribution in [-0.2, 0) is 13.0 Å². The molecule has 1 N–H and O–H groups in total. The van der Waals surface area contributed by atoms with Crippen molar-refractivity contribution in [2.45, 2.75) is 32.2 Å². The molecule has 5 heteroatoms. The maximum Gasteiger partial charge on any atom is 0.255 e. The minimum atomic E-state index is 0.00910. The zero-order chi connectivity index (χ0) is 12.5. The van der Waals surface area contributed by atoms with Gasteiger partial charge in [-0.25, -0.2) is 4.98 Å². The first-order chi connectivity index (χ1) is 8.74. The highest BCUT2D eigenvalue weighted by Gasteiger charge is 2.20. The molecule has 18 heavy (non-hydrogen) atoms. The molecular weight excluding hydrogens is 228 g/mol. The van der Waals surface area contributed by atoms with Crippen molar-refractivity contribution in [2.24, 2.45) is 4.99 Å². The summed E-state index contributed by atoms with van der Waals surface area (Å²) in [5, 5.41) is 0. The number of fused-ring (bicyclic) bond motifs is 1. The summed E-state index contributed by atoms with van der Waals surface area (Å²) in [6.45, 7) is 2.53. The molecule has 2 aliphatic rings. The SMILES string of the molecule is CN1CCc2nc(C3=NCCCC3)[nH]c(=O)c2C1. The number of nitrogens with zero attached hydrogens (tertiary/aromatic N) is 3. The van der Waals surface area contributed by atoms with Crippen LogP contribution in [0.3, 0.4) is 0 Å². The molecule has 1 aromatic rings. The molecule has 2 aliphatic heterocycles. The molecule has 0 radical (unpaired) electrons. The fourth-order valence-electron chi connectivity index (χ4n) is 2.59. The molecule has 0 spiro atoms. The number of likely N-dealkylation sites (N-methyl/N-ethyl adjacent to an activating group) is 1. The Balaban J connectivity index is 2.01. The topological polar surface area (TPSA) is 61.4 Å². The van der Waals surface area contributed by atoms with E-state index in [-0.39, 0.29) is 5.56 Å². The summed E-state index contributed by atoms with van der Waals surface area (Å²) < 4.78 is 0. The highest BCUT2D eigenvalue weighted by molar-refractivity contribution is 5.97. The minimum Gasteiger partial charge on any atom is -0.305 e. The van der Waals surface area contributed by atoms with Crippen LogP contribution >= 0.6 is 0 Å². The Kier molecular flexibility index (Phi) is 2.99. The van der Waals surface area contributed by atoms with E-state index in [0.29, 0.717) is 12.4 Å². The van der Waals surface area contributed by atoms with Crippen molar-refractivity contribution in [3.8, 4) is 0 Å². The molecule has 0 saturated carbocycles. The normalized spacial score (nSPS) is 20.4. The summed E-state index contributed by atoms with van der Waals surface area (Å²) in [6, 6.07) is 0. The highest BCUT2D eigenvalue weighted by Crippen LogP contribution is 2.14.